The number of nitrogens with two attached hydrogens (primary N) is 2. The van der Waals surface area contributed by atoms with Crippen molar-refractivity contribution >= 4 is 33.4 Å². The van der Waals surface area contributed by atoms with Crippen molar-refractivity contribution in [1.29, 1.82) is 0 Å². The van der Waals surface area contributed by atoms with E-state index >= 15 is 0 Å². The summed E-state index contributed by atoms with van der Waals surface area (Å²) in [5.74, 6) is -0.593. The van der Waals surface area contributed by atoms with Crippen LogP contribution in [0.4, 0.5) is 0 Å². The van der Waals surface area contributed by atoms with Crippen molar-refractivity contribution in [2.45, 2.75) is 6.04 Å². The summed E-state index contributed by atoms with van der Waals surface area (Å²) in [5.41, 5.74) is 11.1. The van der Waals surface area contributed by atoms with E-state index in [0.29, 0.717) is 10.6 Å². The molecule has 0 saturated carbocycles. The maximum atomic E-state index is 10.8. The van der Waals surface area contributed by atoms with E-state index in [2.05, 4.69) is 15.9 Å². The number of hydrogen-bond donors (Lipinski definition) is 2. The molecule has 0 fully saturated rings. The average Bonchev–Trinajstić information content (AvgIpc) is 2.03. The Bertz CT molecular complexity index is 343. The predicted octanol–water partition coefficient (Wildman–Crippen LogP) is 1.59. The number of hydrogen-bond acceptors (Lipinski definition) is 2. The summed E-state index contributed by atoms with van der Waals surface area (Å²) < 4.78 is 0.831. The first-order valence-electron chi connectivity index (χ1n) is 3.52. The van der Waals surface area contributed by atoms with E-state index < -0.39 is 11.9 Å². The van der Waals surface area contributed by atoms with Gasteiger partial charge in [0.25, 0.3) is 0 Å². The van der Waals surface area contributed by atoms with E-state index in [-0.39, 0.29) is 0 Å². The van der Waals surface area contributed by atoms with Gasteiger partial charge >= 0.3 is 0 Å². The first kappa shape index (κ1) is 10.5. The number of carbonyl (C=O) groups excluding carboxylic acids is 1. The summed E-state index contributed by atoms with van der Waals surface area (Å²) in [6.07, 6.45) is 0. The third-order valence-electron chi connectivity index (χ3n) is 1.60. The first-order valence-corrected chi connectivity index (χ1v) is 4.69. The standard InChI is InChI=1S/C8H8BrClN2O/c9-4-1-2-5(6(10)3-4)7(11)8(12)13/h1-3,7H,11H2,(H2,12,13). The van der Waals surface area contributed by atoms with Gasteiger partial charge in [-0.3, -0.25) is 4.79 Å². The van der Waals surface area contributed by atoms with Crippen LogP contribution in [-0.4, -0.2) is 5.91 Å². The van der Waals surface area contributed by atoms with Crippen LogP contribution in [0.5, 0.6) is 0 Å². The van der Waals surface area contributed by atoms with Gasteiger partial charge in [-0.1, -0.05) is 33.6 Å². The smallest absolute Gasteiger partial charge is 0.238 e. The molecule has 1 rings (SSSR count). The zero-order valence-corrected chi connectivity index (χ0v) is 8.97. The summed E-state index contributed by atoms with van der Waals surface area (Å²) >= 11 is 9.09. The van der Waals surface area contributed by atoms with Crippen LogP contribution in [0.2, 0.25) is 5.02 Å². The van der Waals surface area contributed by atoms with Crippen LogP contribution in [0.3, 0.4) is 0 Å². The molecule has 0 radical (unpaired) electrons. The predicted molar refractivity (Wildman–Crippen MR) is 55.3 cm³/mol. The molecule has 1 amide bonds. The second kappa shape index (κ2) is 4.09. The lowest BCUT2D eigenvalue weighted by Gasteiger charge is -2.09. The Kier molecular flexibility index (Phi) is 3.30. The maximum absolute atomic E-state index is 10.8. The fourth-order valence-electron chi connectivity index (χ4n) is 0.907. The summed E-state index contributed by atoms with van der Waals surface area (Å²) in [4.78, 5) is 10.8. The van der Waals surface area contributed by atoms with E-state index in [0.717, 1.165) is 4.47 Å². The quantitative estimate of drug-likeness (QED) is 0.851. The molecule has 0 heterocycles. The highest BCUT2D eigenvalue weighted by Gasteiger charge is 2.15. The van der Waals surface area contributed by atoms with Crippen LogP contribution in [0.25, 0.3) is 0 Å². The highest BCUT2D eigenvalue weighted by atomic mass is 79.9. The number of primary amides is 1. The van der Waals surface area contributed by atoms with Gasteiger partial charge in [-0.25, -0.2) is 0 Å². The van der Waals surface area contributed by atoms with E-state index in [4.69, 9.17) is 23.1 Å². The molecule has 0 aliphatic heterocycles. The van der Waals surface area contributed by atoms with E-state index in [1.54, 1.807) is 18.2 Å². The van der Waals surface area contributed by atoms with Gasteiger partial charge in [-0.2, -0.15) is 0 Å². The highest BCUT2D eigenvalue weighted by Crippen LogP contribution is 2.25. The lowest BCUT2D eigenvalue weighted by atomic mass is 10.1. The minimum absolute atomic E-state index is 0.431. The van der Waals surface area contributed by atoms with Crippen molar-refractivity contribution in [2.24, 2.45) is 11.5 Å². The van der Waals surface area contributed by atoms with Gasteiger partial charge in [0, 0.05) is 9.50 Å². The lowest BCUT2D eigenvalue weighted by Crippen LogP contribution is -2.28. The molecule has 0 spiro atoms. The van der Waals surface area contributed by atoms with Gasteiger partial charge in [0.05, 0.1) is 0 Å². The number of halogens is 2. The SMILES string of the molecule is NC(=O)C(N)c1ccc(Br)cc1Cl. The monoisotopic (exact) mass is 262 g/mol. The zero-order chi connectivity index (χ0) is 10.0. The number of amides is 1. The summed E-state index contributed by atoms with van der Waals surface area (Å²) in [5, 5.41) is 0.431. The molecule has 70 valence electrons. The Morgan fingerprint density at radius 2 is 2.15 bits per heavy atom. The minimum atomic E-state index is -0.847. The molecule has 0 aromatic heterocycles. The highest BCUT2D eigenvalue weighted by molar-refractivity contribution is 9.10. The van der Waals surface area contributed by atoms with Gasteiger partial charge in [0.15, 0.2) is 0 Å². The van der Waals surface area contributed by atoms with Gasteiger partial charge in [0.2, 0.25) is 5.91 Å². The van der Waals surface area contributed by atoms with Crippen molar-refractivity contribution in [3.63, 3.8) is 0 Å². The number of benzene rings is 1. The van der Waals surface area contributed by atoms with Gasteiger partial charge in [0.1, 0.15) is 6.04 Å². The van der Waals surface area contributed by atoms with Crippen molar-refractivity contribution in [1.82, 2.24) is 0 Å². The summed E-state index contributed by atoms with van der Waals surface area (Å²) in [7, 11) is 0. The fourth-order valence-corrected chi connectivity index (χ4v) is 1.70. The van der Waals surface area contributed by atoms with Crippen LogP contribution in [0.15, 0.2) is 22.7 Å². The molecule has 0 aliphatic rings. The van der Waals surface area contributed by atoms with Crippen LogP contribution in [-0.2, 0) is 4.79 Å². The second-order valence-corrected chi connectivity index (χ2v) is 3.87. The van der Waals surface area contributed by atoms with Crippen molar-refractivity contribution in [2.75, 3.05) is 0 Å². The van der Waals surface area contributed by atoms with Gasteiger partial charge < -0.3 is 11.5 Å². The molecule has 4 N–H and O–H groups in total. The Hall–Kier alpha value is -0.580. The Morgan fingerprint density at radius 1 is 1.54 bits per heavy atom. The Balaban J connectivity index is 3.08. The summed E-state index contributed by atoms with van der Waals surface area (Å²) in [6.45, 7) is 0. The molecular formula is C8H8BrClN2O. The van der Waals surface area contributed by atoms with E-state index in [1.807, 2.05) is 0 Å². The molecule has 5 heteroatoms. The first-order chi connectivity index (χ1) is 6.02. The molecular weight excluding hydrogens is 255 g/mol. The number of rotatable bonds is 2. The van der Waals surface area contributed by atoms with Crippen LogP contribution < -0.4 is 11.5 Å². The van der Waals surface area contributed by atoms with Crippen molar-refractivity contribution in [3.05, 3.63) is 33.3 Å². The molecule has 1 unspecified atom stereocenters. The Morgan fingerprint density at radius 3 is 2.62 bits per heavy atom. The molecule has 0 bridgehead atoms. The molecule has 1 aromatic rings. The summed E-state index contributed by atoms with van der Waals surface area (Å²) in [6, 6.07) is 4.24. The maximum Gasteiger partial charge on any atom is 0.238 e. The molecule has 1 aromatic carbocycles. The largest absolute Gasteiger partial charge is 0.368 e. The van der Waals surface area contributed by atoms with Gasteiger partial charge in [-0.15, -0.1) is 0 Å². The second-order valence-electron chi connectivity index (χ2n) is 2.55. The lowest BCUT2D eigenvalue weighted by molar-refractivity contribution is -0.119. The third-order valence-corrected chi connectivity index (χ3v) is 2.42. The van der Waals surface area contributed by atoms with Crippen LogP contribution in [0, 0.1) is 0 Å². The third kappa shape index (κ3) is 2.43. The topological polar surface area (TPSA) is 69.1 Å². The average molecular weight is 264 g/mol. The van der Waals surface area contributed by atoms with Crippen molar-refractivity contribution < 1.29 is 4.79 Å². The normalized spacial score (nSPS) is 12.5. The van der Waals surface area contributed by atoms with Crippen molar-refractivity contribution in [3.8, 4) is 0 Å². The van der Waals surface area contributed by atoms with Crippen LogP contribution >= 0.6 is 27.5 Å². The molecule has 1 atom stereocenters. The van der Waals surface area contributed by atoms with E-state index in [9.17, 15) is 4.79 Å². The molecule has 3 nitrogen and oxygen atoms in total. The molecule has 13 heavy (non-hydrogen) atoms. The Labute approximate surface area is 89.2 Å². The van der Waals surface area contributed by atoms with E-state index in [1.165, 1.54) is 0 Å². The molecule has 0 saturated heterocycles. The minimum Gasteiger partial charge on any atom is -0.368 e. The zero-order valence-electron chi connectivity index (χ0n) is 6.63. The van der Waals surface area contributed by atoms with Gasteiger partial charge in [-0.05, 0) is 17.7 Å². The number of carbonyl (C=O) groups is 1. The van der Waals surface area contributed by atoms with Crippen LogP contribution in [0.1, 0.15) is 11.6 Å². The molecule has 0 aliphatic carbocycles. The fraction of sp³-hybridized carbons (Fsp3) is 0.125.